The molecule has 0 aliphatic carbocycles. The third kappa shape index (κ3) is 13.2. The predicted molar refractivity (Wildman–Crippen MR) is 231 cm³/mol. The minimum atomic E-state index is -3.64. The molecule has 1 heterocycles. The van der Waals surface area contributed by atoms with E-state index in [2.05, 4.69) is 20.3 Å². The first-order chi connectivity index (χ1) is 28.6. The fraction of sp³-hybridized carbons (Fsp3) is 0.341. The molecule has 0 spiro atoms. The number of aromatic nitrogens is 1. The Kier molecular flexibility index (Phi) is 15.5. The molecule has 320 valence electrons. The van der Waals surface area contributed by atoms with Crippen LogP contribution in [-0.2, 0) is 40.9 Å². The number of pyridine rings is 1. The number of carbonyl (C=O) groups excluding carboxylic acids is 2. The standard InChI is InChI=1S/C44H52N4O11S/c1-8-57-41(49)28-56-18-17-55-19-20-58-34-23-29(22-33(27-34)53-5)21-31-26-32(15-16-45-31)59-40-14-13-37(35-11-9-10-12-36(35)40)46-43(50)47-38-24-30(44(2,3)4)25-39(42(38)54-6)48-60(7,51)52/h9-16,22-27,48H,8,17-21,28H2,1-7H3,(H2,46,47,50). The molecule has 0 atom stereocenters. The molecule has 0 bridgehead atoms. The lowest BCUT2D eigenvalue weighted by Gasteiger charge is -2.24. The second-order valence-electron chi connectivity index (χ2n) is 14.6. The van der Waals surface area contributed by atoms with E-state index in [4.69, 9.17) is 33.2 Å². The van der Waals surface area contributed by atoms with Gasteiger partial charge in [-0.2, -0.15) is 0 Å². The zero-order chi connectivity index (χ0) is 43.3. The molecule has 0 aliphatic heterocycles. The van der Waals surface area contributed by atoms with Crippen molar-refractivity contribution in [3.05, 3.63) is 102 Å². The third-order valence-corrected chi connectivity index (χ3v) is 9.40. The summed E-state index contributed by atoms with van der Waals surface area (Å²) >= 11 is 0. The lowest BCUT2D eigenvalue weighted by atomic mass is 9.86. The number of methoxy groups -OCH3 is 2. The van der Waals surface area contributed by atoms with Gasteiger partial charge < -0.3 is 43.8 Å². The first-order valence-corrected chi connectivity index (χ1v) is 21.1. The van der Waals surface area contributed by atoms with Crippen LogP contribution in [0.25, 0.3) is 10.8 Å². The van der Waals surface area contributed by atoms with Gasteiger partial charge in [0.2, 0.25) is 10.0 Å². The van der Waals surface area contributed by atoms with Crippen molar-refractivity contribution in [1.29, 1.82) is 0 Å². The highest BCUT2D eigenvalue weighted by molar-refractivity contribution is 7.92. The molecular weight excluding hydrogens is 793 g/mol. The van der Waals surface area contributed by atoms with Crippen molar-refractivity contribution in [2.24, 2.45) is 0 Å². The van der Waals surface area contributed by atoms with Crippen molar-refractivity contribution < 1.29 is 51.2 Å². The molecule has 1 aromatic heterocycles. The number of ether oxygens (including phenoxy) is 7. The zero-order valence-corrected chi connectivity index (χ0v) is 35.7. The Bertz CT molecular complexity index is 2380. The number of amides is 2. The van der Waals surface area contributed by atoms with E-state index >= 15 is 0 Å². The van der Waals surface area contributed by atoms with E-state index in [1.807, 2.05) is 63.2 Å². The van der Waals surface area contributed by atoms with Crippen LogP contribution in [-0.4, -0.2) is 85.5 Å². The number of esters is 1. The molecule has 60 heavy (non-hydrogen) atoms. The highest BCUT2D eigenvalue weighted by Crippen LogP contribution is 2.40. The largest absolute Gasteiger partial charge is 0.497 e. The van der Waals surface area contributed by atoms with Crippen LogP contribution in [0.4, 0.5) is 21.9 Å². The minimum absolute atomic E-state index is 0.112. The van der Waals surface area contributed by atoms with Crippen LogP contribution in [0.5, 0.6) is 28.7 Å². The van der Waals surface area contributed by atoms with Crippen molar-refractivity contribution in [2.45, 2.75) is 39.5 Å². The van der Waals surface area contributed by atoms with Gasteiger partial charge in [0.1, 0.15) is 36.2 Å². The topological polar surface area (TPSA) is 182 Å². The monoisotopic (exact) mass is 844 g/mol. The smallest absolute Gasteiger partial charge is 0.332 e. The summed E-state index contributed by atoms with van der Waals surface area (Å²) in [7, 11) is -0.649. The summed E-state index contributed by atoms with van der Waals surface area (Å²) in [5, 5.41) is 7.26. The average Bonchev–Trinajstić information content (AvgIpc) is 3.19. The molecule has 5 aromatic rings. The van der Waals surface area contributed by atoms with Gasteiger partial charge in [-0.15, -0.1) is 0 Å². The number of hydrogen-bond acceptors (Lipinski definition) is 12. The molecule has 0 aliphatic rings. The molecule has 0 unspecified atom stereocenters. The van der Waals surface area contributed by atoms with Crippen LogP contribution in [0.1, 0.15) is 44.5 Å². The Hall–Kier alpha value is -6.10. The Morgan fingerprint density at radius 1 is 0.750 bits per heavy atom. The van der Waals surface area contributed by atoms with Crippen molar-refractivity contribution in [3.63, 3.8) is 0 Å². The van der Waals surface area contributed by atoms with E-state index in [1.165, 1.54) is 7.11 Å². The summed E-state index contributed by atoms with van der Waals surface area (Å²) in [6.07, 6.45) is 3.20. The SMILES string of the molecule is CCOC(=O)COCCOCCOc1cc(Cc2cc(Oc3ccc(NC(=O)Nc4cc(C(C)(C)C)cc(NS(C)(=O)=O)c4OC)c4ccccc34)ccn2)cc(OC)c1. The number of carbonyl (C=O) groups is 2. The van der Waals surface area contributed by atoms with Crippen LogP contribution in [0.15, 0.2) is 85.1 Å². The van der Waals surface area contributed by atoms with E-state index in [9.17, 15) is 18.0 Å². The van der Waals surface area contributed by atoms with Gasteiger partial charge >= 0.3 is 12.0 Å². The molecule has 0 fully saturated rings. The lowest BCUT2D eigenvalue weighted by molar-refractivity contribution is -0.148. The summed E-state index contributed by atoms with van der Waals surface area (Å²) in [5.74, 6) is 2.13. The van der Waals surface area contributed by atoms with E-state index < -0.39 is 22.0 Å². The quantitative estimate of drug-likeness (QED) is 0.0509. The molecule has 3 N–H and O–H groups in total. The zero-order valence-electron chi connectivity index (χ0n) is 34.9. The maximum Gasteiger partial charge on any atom is 0.332 e. The number of urea groups is 1. The summed E-state index contributed by atoms with van der Waals surface area (Å²) in [6.45, 7) is 9.08. The highest BCUT2D eigenvalue weighted by Gasteiger charge is 2.23. The number of sulfonamides is 1. The van der Waals surface area contributed by atoms with Gasteiger partial charge in [0.15, 0.2) is 5.75 Å². The van der Waals surface area contributed by atoms with Crippen LogP contribution in [0.2, 0.25) is 0 Å². The van der Waals surface area contributed by atoms with E-state index in [1.54, 1.807) is 56.6 Å². The van der Waals surface area contributed by atoms with Gasteiger partial charge in [-0.3, -0.25) is 9.71 Å². The maximum atomic E-state index is 13.5. The molecular formula is C44H52N4O11S. The number of hydrogen-bond donors (Lipinski definition) is 3. The van der Waals surface area contributed by atoms with E-state index in [0.29, 0.717) is 67.2 Å². The molecule has 0 saturated heterocycles. The molecule has 2 amide bonds. The van der Waals surface area contributed by atoms with Crippen LogP contribution in [0, 0.1) is 0 Å². The second-order valence-corrected chi connectivity index (χ2v) is 16.3. The Balaban J connectivity index is 1.25. The molecule has 16 heteroatoms. The fourth-order valence-corrected chi connectivity index (χ4v) is 6.63. The van der Waals surface area contributed by atoms with Gasteiger partial charge in [0.25, 0.3) is 0 Å². The fourth-order valence-electron chi connectivity index (χ4n) is 6.08. The summed E-state index contributed by atoms with van der Waals surface area (Å²) < 4.78 is 65.9. The first-order valence-electron chi connectivity index (χ1n) is 19.2. The van der Waals surface area contributed by atoms with Crippen molar-refractivity contribution in [1.82, 2.24) is 4.98 Å². The number of fused-ring (bicyclic) bond motifs is 1. The van der Waals surface area contributed by atoms with Gasteiger partial charge in [-0.1, -0.05) is 45.0 Å². The number of anilines is 3. The Morgan fingerprint density at radius 2 is 1.45 bits per heavy atom. The minimum Gasteiger partial charge on any atom is -0.497 e. The summed E-state index contributed by atoms with van der Waals surface area (Å²) in [4.78, 5) is 29.5. The summed E-state index contributed by atoms with van der Waals surface area (Å²) in [6, 6.07) is 23.2. The molecule has 4 aromatic carbocycles. The predicted octanol–water partition coefficient (Wildman–Crippen LogP) is 7.92. The van der Waals surface area contributed by atoms with Gasteiger partial charge in [-0.05, 0) is 65.9 Å². The van der Waals surface area contributed by atoms with E-state index in [-0.39, 0.29) is 30.1 Å². The van der Waals surface area contributed by atoms with Crippen molar-refractivity contribution >= 4 is 49.9 Å². The number of rotatable bonds is 20. The van der Waals surface area contributed by atoms with Crippen molar-refractivity contribution in [2.75, 3.05) is 75.5 Å². The Morgan fingerprint density at radius 3 is 2.17 bits per heavy atom. The number of benzene rings is 4. The first kappa shape index (κ1) is 45.0. The molecule has 15 nitrogen and oxygen atoms in total. The Labute approximate surface area is 350 Å². The van der Waals surface area contributed by atoms with Crippen LogP contribution < -0.4 is 34.3 Å². The van der Waals surface area contributed by atoms with Gasteiger partial charge in [0, 0.05) is 41.2 Å². The molecule has 0 radical (unpaired) electrons. The van der Waals surface area contributed by atoms with Crippen LogP contribution in [0.3, 0.4) is 0 Å². The van der Waals surface area contributed by atoms with E-state index in [0.717, 1.165) is 33.8 Å². The number of nitrogens with one attached hydrogen (secondary N) is 3. The number of nitrogens with zero attached hydrogens (tertiary/aromatic N) is 1. The third-order valence-electron chi connectivity index (χ3n) is 8.81. The van der Waals surface area contributed by atoms with Crippen molar-refractivity contribution in [3.8, 4) is 28.7 Å². The average molecular weight is 845 g/mol. The normalized spacial score (nSPS) is 11.4. The summed E-state index contributed by atoms with van der Waals surface area (Å²) in [5.41, 5.74) is 3.10. The van der Waals surface area contributed by atoms with Gasteiger partial charge in [0.05, 0.1) is 64.0 Å². The highest BCUT2D eigenvalue weighted by atomic mass is 32.2. The van der Waals surface area contributed by atoms with Crippen LogP contribution >= 0.6 is 0 Å². The second kappa shape index (κ2) is 20.7. The molecule has 0 saturated carbocycles. The molecule has 5 rings (SSSR count). The lowest BCUT2D eigenvalue weighted by Crippen LogP contribution is -2.22. The maximum absolute atomic E-state index is 13.5. The van der Waals surface area contributed by atoms with Gasteiger partial charge in [-0.25, -0.2) is 18.0 Å².